The van der Waals surface area contributed by atoms with Crippen molar-refractivity contribution in [3.63, 3.8) is 0 Å². The van der Waals surface area contributed by atoms with Crippen molar-refractivity contribution in [2.75, 3.05) is 5.32 Å². The lowest BCUT2D eigenvalue weighted by molar-refractivity contribution is 0.102. The predicted octanol–water partition coefficient (Wildman–Crippen LogP) is 4.91. The van der Waals surface area contributed by atoms with Crippen LogP contribution in [-0.4, -0.2) is 21.7 Å². The Hall–Kier alpha value is -3.64. The normalized spacial score (nSPS) is 10.7. The molecular weight excluding hydrogens is 393 g/mol. The molecule has 29 heavy (non-hydrogen) atoms. The zero-order valence-corrected chi connectivity index (χ0v) is 15.7. The number of benzene rings is 3. The van der Waals surface area contributed by atoms with Crippen molar-refractivity contribution in [3.05, 3.63) is 101 Å². The second-order valence-corrected chi connectivity index (χ2v) is 6.68. The van der Waals surface area contributed by atoms with Gasteiger partial charge < -0.3 is 5.32 Å². The van der Waals surface area contributed by atoms with E-state index in [0.717, 1.165) is 6.07 Å². The molecule has 1 N–H and O–H groups in total. The number of ketones is 1. The summed E-state index contributed by atoms with van der Waals surface area (Å²) < 4.78 is 14.4. The molecule has 0 fully saturated rings. The van der Waals surface area contributed by atoms with Crippen LogP contribution >= 0.6 is 11.6 Å². The number of rotatable bonds is 4. The van der Waals surface area contributed by atoms with E-state index in [1.165, 1.54) is 24.4 Å². The lowest BCUT2D eigenvalue weighted by atomic mass is 10.0. The molecule has 0 spiro atoms. The number of hydrogen-bond acceptors (Lipinski definition) is 4. The van der Waals surface area contributed by atoms with Crippen LogP contribution in [0.1, 0.15) is 26.3 Å². The molecule has 142 valence electrons. The molecule has 1 aromatic heterocycles. The van der Waals surface area contributed by atoms with Gasteiger partial charge in [0.15, 0.2) is 5.78 Å². The highest BCUT2D eigenvalue weighted by atomic mass is 35.5. The SMILES string of the molecule is O=C(Nc1ccc(F)c(C(=O)c2ccc3nccnc3c2)c1)c1cccc(Cl)c1. The zero-order chi connectivity index (χ0) is 20.4. The molecule has 3 aromatic carbocycles. The van der Waals surface area contributed by atoms with Gasteiger partial charge in [0.2, 0.25) is 0 Å². The van der Waals surface area contributed by atoms with Crippen molar-refractivity contribution in [1.29, 1.82) is 0 Å². The first-order valence-corrected chi connectivity index (χ1v) is 9.01. The van der Waals surface area contributed by atoms with Gasteiger partial charge in [0.05, 0.1) is 16.6 Å². The Morgan fingerprint density at radius 1 is 0.862 bits per heavy atom. The van der Waals surface area contributed by atoms with Crippen LogP contribution in [-0.2, 0) is 0 Å². The number of hydrogen-bond donors (Lipinski definition) is 1. The van der Waals surface area contributed by atoms with Crippen molar-refractivity contribution in [2.24, 2.45) is 0 Å². The van der Waals surface area contributed by atoms with E-state index in [-0.39, 0.29) is 11.1 Å². The fourth-order valence-corrected chi connectivity index (χ4v) is 3.06. The van der Waals surface area contributed by atoms with Gasteiger partial charge in [0.25, 0.3) is 5.91 Å². The first kappa shape index (κ1) is 18.7. The van der Waals surface area contributed by atoms with Crippen LogP contribution in [0.5, 0.6) is 0 Å². The van der Waals surface area contributed by atoms with E-state index in [2.05, 4.69) is 15.3 Å². The lowest BCUT2D eigenvalue weighted by Gasteiger charge is -2.09. The highest BCUT2D eigenvalue weighted by molar-refractivity contribution is 6.31. The van der Waals surface area contributed by atoms with Gasteiger partial charge in [-0.2, -0.15) is 0 Å². The standard InChI is InChI=1S/C22H13ClFN3O2/c23-15-3-1-2-14(10-15)22(29)27-16-5-6-18(24)17(12-16)21(28)13-4-7-19-20(11-13)26-9-8-25-19/h1-12H,(H,27,29). The van der Waals surface area contributed by atoms with Crippen molar-refractivity contribution in [2.45, 2.75) is 0 Å². The van der Waals surface area contributed by atoms with Crippen molar-refractivity contribution >= 4 is 40.0 Å². The van der Waals surface area contributed by atoms with E-state index in [4.69, 9.17) is 11.6 Å². The van der Waals surface area contributed by atoms with Gasteiger partial charge >= 0.3 is 0 Å². The topological polar surface area (TPSA) is 72.0 Å². The second kappa shape index (κ2) is 7.77. The number of carbonyl (C=O) groups is 2. The van der Waals surface area contributed by atoms with Gasteiger partial charge in [0.1, 0.15) is 5.82 Å². The van der Waals surface area contributed by atoms with Gasteiger partial charge in [-0.25, -0.2) is 4.39 Å². The first-order chi connectivity index (χ1) is 14.0. The van der Waals surface area contributed by atoms with Crippen LogP contribution in [0.15, 0.2) is 73.1 Å². The largest absolute Gasteiger partial charge is 0.322 e. The predicted molar refractivity (Wildman–Crippen MR) is 109 cm³/mol. The molecule has 0 unspecified atom stereocenters. The Kier molecular flexibility index (Phi) is 5.01. The third-order valence-electron chi connectivity index (χ3n) is 4.29. The average molecular weight is 406 g/mol. The van der Waals surface area contributed by atoms with Gasteiger partial charge in [-0.05, 0) is 54.6 Å². The summed E-state index contributed by atoms with van der Waals surface area (Å²) in [5.41, 5.74) is 1.92. The van der Waals surface area contributed by atoms with E-state index in [9.17, 15) is 14.0 Å². The van der Waals surface area contributed by atoms with Gasteiger partial charge in [-0.1, -0.05) is 17.7 Å². The maximum atomic E-state index is 14.4. The average Bonchev–Trinajstić information content (AvgIpc) is 2.74. The van der Waals surface area contributed by atoms with Crippen LogP contribution in [0.4, 0.5) is 10.1 Å². The Balaban J connectivity index is 1.63. The molecule has 4 rings (SSSR count). The minimum atomic E-state index is -0.685. The number of halogens is 2. The van der Waals surface area contributed by atoms with Crippen LogP contribution in [0.3, 0.4) is 0 Å². The number of nitrogens with one attached hydrogen (secondary N) is 1. The Morgan fingerprint density at radius 2 is 1.66 bits per heavy atom. The summed E-state index contributed by atoms with van der Waals surface area (Å²) in [5.74, 6) is -1.62. The van der Waals surface area contributed by atoms with Gasteiger partial charge in [-0.15, -0.1) is 0 Å². The molecular formula is C22H13ClFN3O2. The number of aromatic nitrogens is 2. The van der Waals surface area contributed by atoms with Crippen molar-refractivity contribution < 1.29 is 14.0 Å². The summed E-state index contributed by atoms with van der Waals surface area (Å²) in [6, 6.07) is 15.0. The van der Waals surface area contributed by atoms with Crippen molar-refractivity contribution in [1.82, 2.24) is 9.97 Å². The van der Waals surface area contributed by atoms with E-state index >= 15 is 0 Å². The fraction of sp³-hybridized carbons (Fsp3) is 0. The number of fused-ring (bicyclic) bond motifs is 1. The summed E-state index contributed by atoms with van der Waals surface area (Å²) in [4.78, 5) is 33.5. The van der Waals surface area contributed by atoms with E-state index in [1.54, 1.807) is 42.6 Å². The number of amides is 1. The maximum Gasteiger partial charge on any atom is 0.255 e. The summed E-state index contributed by atoms with van der Waals surface area (Å²) in [6.07, 6.45) is 3.07. The number of carbonyl (C=O) groups excluding carboxylic acids is 2. The zero-order valence-electron chi connectivity index (χ0n) is 14.9. The molecule has 0 radical (unpaired) electrons. The Morgan fingerprint density at radius 3 is 2.45 bits per heavy atom. The van der Waals surface area contributed by atoms with Gasteiger partial charge in [-0.3, -0.25) is 19.6 Å². The maximum absolute atomic E-state index is 14.4. The molecule has 0 aliphatic heterocycles. The molecule has 0 aliphatic rings. The molecule has 0 saturated carbocycles. The van der Waals surface area contributed by atoms with E-state index in [0.29, 0.717) is 27.3 Å². The molecule has 5 nitrogen and oxygen atoms in total. The third-order valence-corrected chi connectivity index (χ3v) is 4.52. The molecule has 0 aliphatic carbocycles. The molecule has 0 bridgehead atoms. The van der Waals surface area contributed by atoms with Crippen LogP contribution in [0, 0.1) is 5.82 Å². The monoisotopic (exact) mass is 405 g/mol. The summed E-state index contributed by atoms with van der Waals surface area (Å²) >= 11 is 5.90. The quantitative estimate of drug-likeness (QED) is 0.490. The van der Waals surface area contributed by atoms with Crippen LogP contribution in [0.2, 0.25) is 5.02 Å². The Labute approximate surface area is 170 Å². The van der Waals surface area contributed by atoms with E-state index < -0.39 is 17.5 Å². The highest BCUT2D eigenvalue weighted by Gasteiger charge is 2.17. The van der Waals surface area contributed by atoms with Crippen molar-refractivity contribution in [3.8, 4) is 0 Å². The smallest absolute Gasteiger partial charge is 0.255 e. The second-order valence-electron chi connectivity index (χ2n) is 6.25. The van der Waals surface area contributed by atoms with Crippen LogP contribution < -0.4 is 5.32 Å². The molecule has 0 atom stereocenters. The Bertz CT molecular complexity index is 1260. The highest BCUT2D eigenvalue weighted by Crippen LogP contribution is 2.21. The molecule has 0 saturated heterocycles. The third kappa shape index (κ3) is 3.97. The fourth-order valence-electron chi connectivity index (χ4n) is 2.87. The minimum absolute atomic E-state index is 0.155. The minimum Gasteiger partial charge on any atom is -0.322 e. The summed E-state index contributed by atoms with van der Waals surface area (Å²) in [5, 5.41) is 3.07. The van der Waals surface area contributed by atoms with Crippen LogP contribution in [0.25, 0.3) is 11.0 Å². The molecule has 4 aromatic rings. The summed E-state index contributed by atoms with van der Waals surface area (Å²) in [7, 11) is 0. The number of nitrogens with zero attached hydrogens (tertiary/aromatic N) is 2. The number of anilines is 1. The molecule has 1 heterocycles. The lowest BCUT2D eigenvalue weighted by Crippen LogP contribution is -2.13. The molecule has 1 amide bonds. The molecule has 7 heteroatoms. The van der Waals surface area contributed by atoms with E-state index in [1.807, 2.05) is 0 Å². The van der Waals surface area contributed by atoms with Gasteiger partial charge in [0, 0.05) is 34.2 Å². The summed E-state index contributed by atoms with van der Waals surface area (Å²) in [6.45, 7) is 0. The first-order valence-electron chi connectivity index (χ1n) is 8.63.